The average Bonchev–Trinajstić information content (AvgIpc) is 3.46. The molecule has 1 saturated heterocycles. The first-order chi connectivity index (χ1) is 14.8. The Morgan fingerprint density at radius 2 is 2.13 bits per heavy atom. The van der Waals surface area contributed by atoms with Gasteiger partial charge in [-0.1, -0.05) is 29.4 Å². The summed E-state index contributed by atoms with van der Waals surface area (Å²) >= 11 is 1.37. The van der Waals surface area contributed by atoms with Crippen molar-refractivity contribution >= 4 is 34.4 Å². The Balaban J connectivity index is 0.000000214. The molecule has 164 valence electrons. The molecule has 2 aromatic rings. The van der Waals surface area contributed by atoms with Crippen LogP contribution in [-0.4, -0.2) is 59.8 Å². The number of thiazole rings is 1. The number of nitrogens with zero attached hydrogens (tertiary/aromatic N) is 2. The van der Waals surface area contributed by atoms with Gasteiger partial charge in [-0.25, -0.2) is 4.98 Å². The number of nitrogens with two attached hydrogens (primary N) is 1. The number of aliphatic hydroxyl groups is 1. The van der Waals surface area contributed by atoms with Crippen LogP contribution in [0, 0.1) is 18.3 Å². The molecule has 2 aliphatic rings. The molecule has 31 heavy (non-hydrogen) atoms. The minimum Gasteiger partial charge on any atom is -0.383 e. The van der Waals surface area contributed by atoms with E-state index < -0.39 is 12.0 Å². The summed E-state index contributed by atoms with van der Waals surface area (Å²) in [4.78, 5) is 37.2. The van der Waals surface area contributed by atoms with Crippen LogP contribution in [0.3, 0.4) is 0 Å². The van der Waals surface area contributed by atoms with Crippen molar-refractivity contribution in [3.8, 4) is 22.9 Å². The second kappa shape index (κ2) is 11.2. The minimum atomic E-state index is -0.722. The van der Waals surface area contributed by atoms with Crippen LogP contribution in [0.1, 0.15) is 35.3 Å². The summed E-state index contributed by atoms with van der Waals surface area (Å²) < 4.78 is 0. The van der Waals surface area contributed by atoms with Crippen LogP contribution < -0.4 is 11.1 Å². The number of hydrogen-bond donors (Lipinski definition) is 3. The molecule has 2 heterocycles. The van der Waals surface area contributed by atoms with Crippen LogP contribution in [0.25, 0.3) is 10.6 Å². The fourth-order valence-corrected chi connectivity index (χ4v) is 3.48. The van der Waals surface area contributed by atoms with Gasteiger partial charge in [0.15, 0.2) is 5.69 Å². The zero-order valence-electron chi connectivity index (χ0n) is 17.5. The molecule has 1 saturated carbocycles. The molecular weight excluding hydrogens is 416 g/mol. The van der Waals surface area contributed by atoms with Crippen LogP contribution in [0.15, 0.2) is 24.3 Å². The third-order valence-corrected chi connectivity index (χ3v) is 5.70. The molecule has 1 atom stereocenters. The molecule has 1 aromatic heterocycles. The van der Waals surface area contributed by atoms with E-state index in [1.165, 1.54) is 16.2 Å². The number of anilines is 1. The Kier molecular flexibility index (Phi) is 8.73. The largest absolute Gasteiger partial charge is 0.383 e. The molecule has 2 amide bonds. The Hall–Kier alpha value is -3.22. The van der Waals surface area contributed by atoms with Gasteiger partial charge in [-0.05, 0) is 31.4 Å². The topological polar surface area (TPSA) is 126 Å². The number of aliphatic hydroxyl groups excluding tert-OH is 1. The standard InChI is InChI=1S/C13H11N3OS.C5H9NO2.C4H6O/c1-3-8-5-4-6-9(7-8)12-16-10(11(14)17)13(15-2)18-12;1-6-3-2-4(7)5(6)8;5-3-4-1-2-4/h1,4-7,15H,2H3,(H2,14,17);4,7H,2-3H2,1H3;3-4H,1-2H2/t;4-;/m.0./s1. The Bertz CT molecular complexity index is 966. The van der Waals surface area contributed by atoms with Crippen molar-refractivity contribution in [2.75, 3.05) is 26.0 Å². The van der Waals surface area contributed by atoms with Gasteiger partial charge in [-0.3, -0.25) is 9.59 Å². The van der Waals surface area contributed by atoms with Gasteiger partial charge in [0.05, 0.1) is 0 Å². The van der Waals surface area contributed by atoms with Crippen molar-refractivity contribution in [3.63, 3.8) is 0 Å². The highest BCUT2D eigenvalue weighted by atomic mass is 32.1. The molecule has 0 bridgehead atoms. The number of likely N-dealkylation sites (N-methyl/N-ethyl adjacent to an activating group) is 1. The number of benzene rings is 1. The summed E-state index contributed by atoms with van der Waals surface area (Å²) in [5, 5.41) is 13.1. The number of aromatic nitrogens is 1. The van der Waals surface area contributed by atoms with E-state index in [2.05, 4.69) is 16.2 Å². The maximum absolute atomic E-state index is 11.2. The van der Waals surface area contributed by atoms with Crippen molar-refractivity contribution in [1.82, 2.24) is 9.88 Å². The van der Waals surface area contributed by atoms with Crippen molar-refractivity contribution < 1.29 is 19.5 Å². The van der Waals surface area contributed by atoms with E-state index >= 15 is 0 Å². The number of likely N-dealkylation sites (tertiary alicyclic amines) is 1. The Morgan fingerprint density at radius 1 is 1.42 bits per heavy atom. The predicted octanol–water partition coefficient (Wildman–Crippen LogP) is 1.74. The second-order valence-corrected chi connectivity index (χ2v) is 8.07. The lowest BCUT2D eigenvalue weighted by atomic mass is 10.1. The zero-order valence-corrected chi connectivity index (χ0v) is 18.3. The van der Waals surface area contributed by atoms with Crippen molar-refractivity contribution in [3.05, 3.63) is 35.5 Å². The Morgan fingerprint density at radius 3 is 2.48 bits per heavy atom. The van der Waals surface area contributed by atoms with Gasteiger partial charge in [0.2, 0.25) is 0 Å². The van der Waals surface area contributed by atoms with E-state index in [9.17, 15) is 14.4 Å². The van der Waals surface area contributed by atoms with Crippen LogP contribution >= 0.6 is 11.3 Å². The van der Waals surface area contributed by atoms with E-state index in [-0.39, 0.29) is 11.6 Å². The molecule has 4 rings (SSSR count). The first-order valence-electron chi connectivity index (χ1n) is 9.74. The quantitative estimate of drug-likeness (QED) is 0.489. The lowest BCUT2D eigenvalue weighted by molar-refractivity contribution is -0.133. The number of carbonyl (C=O) groups excluding carboxylic acids is 3. The molecule has 9 heteroatoms. The number of rotatable bonds is 4. The van der Waals surface area contributed by atoms with Gasteiger partial charge in [-0.2, -0.15) is 0 Å². The lowest BCUT2D eigenvalue weighted by Crippen LogP contribution is -2.24. The molecular formula is C22H26N4O4S. The number of nitrogens with one attached hydrogen (secondary N) is 1. The number of primary amides is 1. The highest BCUT2D eigenvalue weighted by molar-refractivity contribution is 7.19. The summed E-state index contributed by atoms with van der Waals surface area (Å²) in [6, 6.07) is 7.44. The lowest BCUT2D eigenvalue weighted by Gasteiger charge is -2.04. The maximum atomic E-state index is 11.2. The maximum Gasteiger partial charge on any atom is 0.270 e. The molecule has 0 radical (unpaired) electrons. The smallest absolute Gasteiger partial charge is 0.270 e. The second-order valence-electron chi connectivity index (χ2n) is 7.07. The van der Waals surface area contributed by atoms with Crippen LogP contribution in [0.2, 0.25) is 0 Å². The average molecular weight is 443 g/mol. The minimum absolute atomic E-state index is 0.148. The first-order valence-corrected chi connectivity index (χ1v) is 10.6. The van der Waals surface area contributed by atoms with Crippen LogP contribution in [-0.2, 0) is 9.59 Å². The van der Waals surface area contributed by atoms with Crippen LogP contribution in [0.5, 0.6) is 0 Å². The molecule has 1 aliphatic carbocycles. The number of amides is 2. The summed E-state index contributed by atoms with van der Waals surface area (Å²) in [7, 11) is 3.42. The molecule has 1 aliphatic heterocycles. The molecule has 4 N–H and O–H groups in total. The highest BCUT2D eigenvalue weighted by Gasteiger charge is 2.26. The van der Waals surface area contributed by atoms with E-state index in [1.54, 1.807) is 14.1 Å². The molecule has 1 aromatic carbocycles. The van der Waals surface area contributed by atoms with Gasteiger partial charge in [0.25, 0.3) is 11.8 Å². The van der Waals surface area contributed by atoms with Gasteiger partial charge in [0, 0.05) is 37.7 Å². The summed E-state index contributed by atoms with van der Waals surface area (Å²) in [5.74, 6) is 2.32. The van der Waals surface area contributed by atoms with Crippen molar-refractivity contribution in [2.24, 2.45) is 11.7 Å². The normalized spacial score (nSPS) is 16.9. The van der Waals surface area contributed by atoms with E-state index in [4.69, 9.17) is 17.3 Å². The number of aldehydes is 1. The van der Waals surface area contributed by atoms with E-state index in [0.717, 1.165) is 30.3 Å². The van der Waals surface area contributed by atoms with Gasteiger partial charge >= 0.3 is 0 Å². The summed E-state index contributed by atoms with van der Waals surface area (Å²) in [6.45, 7) is 0.694. The molecule has 8 nitrogen and oxygen atoms in total. The highest BCUT2D eigenvalue weighted by Crippen LogP contribution is 2.32. The van der Waals surface area contributed by atoms with E-state index in [1.807, 2.05) is 24.3 Å². The predicted molar refractivity (Wildman–Crippen MR) is 121 cm³/mol. The van der Waals surface area contributed by atoms with E-state index in [0.29, 0.717) is 28.9 Å². The monoisotopic (exact) mass is 442 g/mol. The molecule has 0 unspecified atom stereocenters. The third-order valence-electron chi connectivity index (χ3n) is 4.58. The fourth-order valence-electron chi connectivity index (χ4n) is 2.56. The molecule has 0 spiro atoms. The fraction of sp³-hybridized carbons (Fsp3) is 0.364. The number of terminal acetylenes is 1. The van der Waals surface area contributed by atoms with Gasteiger partial charge in [0.1, 0.15) is 22.4 Å². The number of carbonyl (C=O) groups is 3. The zero-order chi connectivity index (χ0) is 23.0. The summed E-state index contributed by atoms with van der Waals surface area (Å²) in [6.07, 6.45) is 8.54. The molecule has 2 fully saturated rings. The van der Waals surface area contributed by atoms with Crippen molar-refractivity contribution in [1.29, 1.82) is 0 Å². The van der Waals surface area contributed by atoms with Gasteiger partial charge < -0.3 is 25.9 Å². The Labute approximate surface area is 185 Å². The summed E-state index contributed by atoms with van der Waals surface area (Å²) in [5.41, 5.74) is 7.17. The van der Waals surface area contributed by atoms with Gasteiger partial charge in [-0.15, -0.1) is 6.42 Å². The number of hydrogen-bond acceptors (Lipinski definition) is 7. The SMILES string of the molecule is C#Cc1cccc(-c2nc(C(N)=O)c(NC)s2)c1.CN1CC[C@H](O)C1=O.O=CC1CC1. The van der Waals surface area contributed by atoms with Crippen LogP contribution in [0.4, 0.5) is 5.00 Å². The van der Waals surface area contributed by atoms with Crippen molar-refractivity contribution in [2.45, 2.75) is 25.4 Å². The third kappa shape index (κ3) is 6.91. The first kappa shape index (κ1) is 24.1.